The lowest BCUT2D eigenvalue weighted by Gasteiger charge is -2.30. The van der Waals surface area contributed by atoms with Crippen LogP contribution >= 0.6 is 0 Å². The summed E-state index contributed by atoms with van der Waals surface area (Å²) in [5.41, 5.74) is 2.20. The number of aryl methyl sites for hydroxylation is 2. The van der Waals surface area contributed by atoms with Crippen molar-refractivity contribution in [2.75, 3.05) is 13.6 Å². The third-order valence-corrected chi connectivity index (χ3v) is 5.94. The maximum atomic E-state index is 12.3. The van der Waals surface area contributed by atoms with Crippen molar-refractivity contribution in [1.29, 1.82) is 0 Å². The molecule has 2 N–H and O–H groups in total. The highest BCUT2D eigenvalue weighted by atomic mass is 32.2. The van der Waals surface area contributed by atoms with E-state index in [9.17, 15) is 8.42 Å². The maximum absolute atomic E-state index is 12.3. The number of hydrogen-bond acceptors (Lipinski definition) is 3. The van der Waals surface area contributed by atoms with Gasteiger partial charge in [-0.2, -0.15) is 17.8 Å². The number of nitrogens with zero attached hydrogens (tertiary/aromatic N) is 2. The molecule has 21 heavy (non-hydrogen) atoms. The Hall–Kier alpha value is -0.920. The van der Waals surface area contributed by atoms with Crippen LogP contribution in [0.1, 0.15) is 49.8 Å². The molecule has 0 radical (unpaired) electrons. The third-order valence-electron chi connectivity index (χ3n) is 4.31. The molecule has 0 bridgehead atoms. The highest BCUT2D eigenvalue weighted by Crippen LogP contribution is 2.22. The van der Waals surface area contributed by atoms with Crippen LogP contribution in [0.15, 0.2) is 6.20 Å². The summed E-state index contributed by atoms with van der Waals surface area (Å²) >= 11 is 0. The lowest BCUT2D eigenvalue weighted by atomic mass is 9.96. The van der Waals surface area contributed by atoms with Crippen LogP contribution in [0.5, 0.6) is 0 Å². The van der Waals surface area contributed by atoms with E-state index in [4.69, 9.17) is 0 Å². The molecule has 0 amide bonds. The zero-order chi connectivity index (χ0) is 15.3. The summed E-state index contributed by atoms with van der Waals surface area (Å²) in [4.78, 5) is 0. The van der Waals surface area contributed by atoms with Gasteiger partial charge in [0.25, 0.3) is 10.2 Å². The van der Waals surface area contributed by atoms with Crippen molar-refractivity contribution >= 4 is 10.2 Å². The van der Waals surface area contributed by atoms with Crippen molar-refractivity contribution in [3.05, 3.63) is 17.5 Å². The molecule has 1 aromatic rings. The largest absolute Gasteiger partial charge is 0.283 e. The monoisotopic (exact) mass is 314 g/mol. The summed E-state index contributed by atoms with van der Waals surface area (Å²) in [6.07, 6.45) is 8.85. The van der Waals surface area contributed by atoms with E-state index in [0.717, 1.165) is 49.8 Å². The molecule has 120 valence electrons. The first-order chi connectivity index (χ1) is 10.0. The molecular weight excluding hydrogens is 288 g/mol. The average molecular weight is 314 g/mol. The SMILES string of the molecule is Cc1[nH]ncc1CCCNS(=O)(=O)N(C)C1CCCCC1. The summed E-state index contributed by atoms with van der Waals surface area (Å²) in [6, 6.07) is 0.160. The predicted molar refractivity (Wildman–Crippen MR) is 83.2 cm³/mol. The molecule has 1 aliphatic carbocycles. The van der Waals surface area contributed by atoms with Gasteiger partial charge in [0.2, 0.25) is 0 Å². The second kappa shape index (κ2) is 7.38. The fourth-order valence-electron chi connectivity index (χ4n) is 2.85. The van der Waals surface area contributed by atoms with Gasteiger partial charge in [0.1, 0.15) is 0 Å². The lowest BCUT2D eigenvalue weighted by molar-refractivity contribution is 0.283. The van der Waals surface area contributed by atoms with Gasteiger partial charge in [-0.25, -0.2) is 4.72 Å². The molecule has 1 heterocycles. The van der Waals surface area contributed by atoms with Crippen molar-refractivity contribution in [3.8, 4) is 0 Å². The first-order valence-corrected chi connectivity index (χ1v) is 9.16. The van der Waals surface area contributed by atoms with Gasteiger partial charge in [-0.1, -0.05) is 19.3 Å². The molecule has 1 saturated carbocycles. The van der Waals surface area contributed by atoms with E-state index in [2.05, 4.69) is 14.9 Å². The van der Waals surface area contributed by atoms with Crippen molar-refractivity contribution in [2.45, 2.75) is 57.9 Å². The molecular formula is C14H26N4O2S. The summed E-state index contributed by atoms with van der Waals surface area (Å²) in [5, 5.41) is 6.86. The third kappa shape index (κ3) is 4.52. The Kier molecular flexibility index (Phi) is 5.78. The summed E-state index contributed by atoms with van der Waals surface area (Å²) in [6.45, 7) is 2.44. The zero-order valence-corrected chi connectivity index (χ0v) is 13.7. The highest BCUT2D eigenvalue weighted by molar-refractivity contribution is 7.87. The molecule has 2 rings (SSSR count). The average Bonchev–Trinajstić information content (AvgIpc) is 2.89. The highest BCUT2D eigenvalue weighted by Gasteiger charge is 2.26. The van der Waals surface area contributed by atoms with E-state index in [1.54, 1.807) is 13.2 Å². The minimum atomic E-state index is -3.35. The first-order valence-electron chi connectivity index (χ1n) is 7.72. The molecule has 0 saturated heterocycles. The summed E-state index contributed by atoms with van der Waals surface area (Å²) in [7, 11) is -1.66. The lowest BCUT2D eigenvalue weighted by Crippen LogP contribution is -2.45. The van der Waals surface area contributed by atoms with Gasteiger partial charge < -0.3 is 0 Å². The Morgan fingerprint density at radius 3 is 2.71 bits per heavy atom. The molecule has 0 atom stereocenters. The fourth-order valence-corrected chi connectivity index (χ4v) is 4.06. The van der Waals surface area contributed by atoms with Crippen LogP contribution in [-0.2, 0) is 16.6 Å². The Labute approximate surface area is 127 Å². The maximum Gasteiger partial charge on any atom is 0.279 e. The molecule has 1 fully saturated rings. The number of nitrogens with one attached hydrogen (secondary N) is 2. The predicted octanol–water partition coefficient (Wildman–Crippen LogP) is 1.75. The second-order valence-corrected chi connectivity index (χ2v) is 7.65. The van der Waals surface area contributed by atoms with E-state index in [1.165, 1.54) is 10.7 Å². The van der Waals surface area contributed by atoms with Crippen LogP contribution in [-0.4, -0.2) is 42.6 Å². The molecule has 1 aliphatic rings. The normalized spacial score (nSPS) is 17.5. The van der Waals surface area contributed by atoms with E-state index < -0.39 is 10.2 Å². The quantitative estimate of drug-likeness (QED) is 0.753. The van der Waals surface area contributed by atoms with E-state index in [0.29, 0.717) is 6.54 Å². The van der Waals surface area contributed by atoms with Gasteiger partial charge in [-0.3, -0.25) is 5.10 Å². The van der Waals surface area contributed by atoms with Crippen molar-refractivity contribution in [2.24, 2.45) is 0 Å². The van der Waals surface area contributed by atoms with E-state index >= 15 is 0 Å². The first kappa shape index (κ1) is 16.5. The Bertz CT molecular complexity index is 535. The number of aromatic amines is 1. The summed E-state index contributed by atoms with van der Waals surface area (Å²) < 4.78 is 28.7. The van der Waals surface area contributed by atoms with Gasteiger partial charge in [0.05, 0.1) is 6.20 Å². The minimum absolute atomic E-state index is 0.160. The van der Waals surface area contributed by atoms with Crippen LogP contribution in [0.2, 0.25) is 0 Å². The standard InChI is InChI=1S/C14H26N4O2S/c1-12-13(11-15-17-12)7-6-10-16-21(19,20)18(2)14-8-4-3-5-9-14/h11,14,16H,3-10H2,1-2H3,(H,15,17). The molecule has 0 aliphatic heterocycles. The van der Waals surface area contributed by atoms with Gasteiger partial charge in [0, 0.05) is 25.3 Å². The summed E-state index contributed by atoms with van der Waals surface area (Å²) in [5.74, 6) is 0. The number of aromatic nitrogens is 2. The van der Waals surface area contributed by atoms with Gasteiger partial charge in [0.15, 0.2) is 0 Å². The second-order valence-electron chi connectivity index (χ2n) is 5.83. The topological polar surface area (TPSA) is 78.1 Å². The van der Waals surface area contributed by atoms with Crippen molar-refractivity contribution < 1.29 is 8.42 Å². The van der Waals surface area contributed by atoms with Crippen LogP contribution in [0.4, 0.5) is 0 Å². The molecule has 0 unspecified atom stereocenters. The van der Waals surface area contributed by atoms with Crippen LogP contribution in [0.25, 0.3) is 0 Å². The Balaban J connectivity index is 1.76. The van der Waals surface area contributed by atoms with Gasteiger partial charge in [-0.05, 0) is 38.2 Å². The molecule has 7 heteroatoms. The molecule has 0 spiro atoms. The van der Waals surface area contributed by atoms with Crippen LogP contribution in [0, 0.1) is 6.92 Å². The molecule has 0 aromatic carbocycles. The van der Waals surface area contributed by atoms with Gasteiger partial charge >= 0.3 is 0 Å². The van der Waals surface area contributed by atoms with Gasteiger partial charge in [-0.15, -0.1) is 0 Å². The zero-order valence-electron chi connectivity index (χ0n) is 12.9. The van der Waals surface area contributed by atoms with Crippen LogP contribution in [0.3, 0.4) is 0 Å². The van der Waals surface area contributed by atoms with Crippen LogP contribution < -0.4 is 4.72 Å². The fraction of sp³-hybridized carbons (Fsp3) is 0.786. The molecule has 1 aromatic heterocycles. The number of H-pyrrole nitrogens is 1. The van der Waals surface area contributed by atoms with Crippen molar-refractivity contribution in [1.82, 2.24) is 19.2 Å². The van der Waals surface area contributed by atoms with E-state index in [-0.39, 0.29) is 6.04 Å². The smallest absolute Gasteiger partial charge is 0.279 e. The Morgan fingerprint density at radius 1 is 1.38 bits per heavy atom. The van der Waals surface area contributed by atoms with E-state index in [1.807, 2.05) is 6.92 Å². The van der Waals surface area contributed by atoms with Crippen molar-refractivity contribution in [3.63, 3.8) is 0 Å². The molecule has 6 nitrogen and oxygen atoms in total. The number of hydrogen-bond donors (Lipinski definition) is 2. The minimum Gasteiger partial charge on any atom is -0.283 e. The number of rotatable bonds is 7. The Morgan fingerprint density at radius 2 is 2.10 bits per heavy atom.